The highest BCUT2D eigenvalue weighted by atomic mass is 79.9. The third-order valence-electron chi connectivity index (χ3n) is 3.14. The second-order valence-corrected chi connectivity index (χ2v) is 5.40. The van der Waals surface area contributed by atoms with Gasteiger partial charge in [-0.2, -0.15) is 0 Å². The molecular formula is C14H23BrN2O. The van der Waals surface area contributed by atoms with Gasteiger partial charge >= 0.3 is 0 Å². The Bertz CT molecular complexity index is 371. The van der Waals surface area contributed by atoms with Crippen molar-refractivity contribution < 1.29 is 4.74 Å². The summed E-state index contributed by atoms with van der Waals surface area (Å²) in [6.07, 6.45) is 1.04. The van der Waals surface area contributed by atoms with E-state index < -0.39 is 0 Å². The lowest BCUT2D eigenvalue weighted by Crippen LogP contribution is -2.23. The Kier molecular flexibility index (Phi) is 6.68. The molecule has 18 heavy (non-hydrogen) atoms. The standard InChI is InChI=1S/C14H23BrN2O/c1-11(16-2)13-10-12(15)6-7-14(13)17(3)8-5-9-18-4/h6-7,10-11,16H,5,8-9H2,1-4H3. The molecule has 1 aromatic carbocycles. The molecule has 0 aromatic heterocycles. The van der Waals surface area contributed by atoms with Gasteiger partial charge in [0.25, 0.3) is 0 Å². The summed E-state index contributed by atoms with van der Waals surface area (Å²) in [5, 5.41) is 3.30. The van der Waals surface area contributed by atoms with E-state index in [4.69, 9.17) is 4.74 Å². The maximum absolute atomic E-state index is 5.10. The molecule has 0 amide bonds. The van der Waals surface area contributed by atoms with Crippen LogP contribution >= 0.6 is 15.9 Å². The molecule has 102 valence electrons. The molecule has 0 aliphatic rings. The fourth-order valence-electron chi connectivity index (χ4n) is 1.94. The molecule has 0 aliphatic heterocycles. The Morgan fingerprint density at radius 3 is 2.78 bits per heavy atom. The van der Waals surface area contributed by atoms with Crippen LogP contribution in [-0.2, 0) is 4.74 Å². The first-order valence-corrected chi connectivity index (χ1v) is 7.06. The summed E-state index contributed by atoms with van der Waals surface area (Å²) in [7, 11) is 5.86. The fourth-order valence-corrected chi connectivity index (χ4v) is 2.32. The number of methoxy groups -OCH3 is 1. The van der Waals surface area contributed by atoms with Gasteiger partial charge in [-0.05, 0) is 44.2 Å². The lowest BCUT2D eigenvalue weighted by molar-refractivity contribution is 0.196. The van der Waals surface area contributed by atoms with Gasteiger partial charge in [0.1, 0.15) is 0 Å². The zero-order valence-corrected chi connectivity index (χ0v) is 13.3. The van der Waals surface area contributed by atoms with Crippen molar-refractivity contribution in [3.63, 3.8) is 0 Å². The first kappa shape index (κ1) is 15.5. The van der Waals surface area contributed by atoms with E-state index in [0.717, 1.165) is 24.0 Å². The molecule has 1 N–H and O–H groups in total. The van der Waals surface area contributed by atoms with Crippen molar-refractivity contribution in [3.05, 3.63) is 28.2 Å². The van der Waals surface area contributed by atoms with Crippen molar-refractivity contribution in [2.24, 2.45) is 0 Å². The predicted molar refractivity (Wildman–Crippen MR) is 81.4 cm³/mol. The van der Waals surface area contributed by atoms with Gasteiger partial charge in [0.2, 0.25) is 0 Å². The third kappa shape index (κ3) is 4.26. The van der Waals surface area contributed by atoms with Crippen LogP contribution in [0.2, 0.25) is 0 Å². The summed E-state index contributed by atoms with van der Waals surface area (Å²) in [6.45, 7) is 3.98. The number of rotatable bonds is 7. The smallest absolute Gasteiger partial charge is 0.0479 e. The SMILES string of the molecule is CNC(C)c1cc(Br)ccc1N(C)CCCOC. The van der Waals surface area contributed by atoms with Crippen LogP contribution in [0, 0.1) is 0 Å². The van der Waals surface area contributed by atoms with Crippen LogP contribution in [0.25, 0.3) is 0 Å². The highest BCUT2D eigenvalue weighted by Crippen LogP contribution is 2.28. The molecule has 1 rings (SSSR count). The van der Waals surface area contributed by atoms with E-state index in [1.54, 1.807) is 7.11 Å². The molecule has 4 heteroatoms. The van der Waals surface area contributed by atoms with Gasteiger partial charge in [0.05, 0.1) is 0 Å². The van der Waals surface area contributed by atoms with Gasteiger partial charge < -0.3 is 15.0 Å². The van der Waals surface area contributed by atoms with Gasteiger partial charge in [0, 0.05) is 43.5 Å². The summed E-state index contributed by atoms with van der Waals surface area (Å²) in [6, 6.07) is 6.78. The van der Waals surface area contributed by atoms with Crippen LogP contribution in [0.15, 0.2) is 22.7 Å². The Labute approximate surface area is 119 Å². The minimum absolute atomic E-state index is 0.336. The molecule has 0 spiro atoms. The fraction of sp³-hybridized carbons (Fsp3) is 0.571. The van der Waals surface area contributed by atoms with Crippen LogP contribution in [0.5, 0.6) is 0 Å². The van der Waals surface area contributed by atoms with Crippen molar-refractivity contribution in [2.45, 2.75) is 19.4 Å². The normalized spacial score (nSPS) is 12.5. The first-order valence-electron chi connectivity index (χ1n) is 6.27. The molecule has 0 heterocycles. The van der Waals surface area contributed by atoms with E-state index in [1.807, 2.05) is 7.05 Å². The summed E-state index contributed by atoms with van der Waals surface area (Å²) < 4.78 is 6.22. The van der Waals surface area contributed by atoms with Gasteiger partial charge in [-0.3, -0.25) is 0 Å². The minimum atomic E-state index is 0.336. The van der Waals surface area contributed by atoms with Gasteiger partial charge in [-0.25, -0.2) is 0 Å². The minimum Gasteiger partial charge on any atom is -0.385 e. The van der Waals surface area contributed by atoms with E-state index in [0.29, 0.717) is 6.04 Å². The Morgan fingerprint density at radius 1 is 1.44 bits per heavy atom. The topological polar surface area (TPSA) is 24.5 Å². The lowest BCUT2D eigenvalue weighted by atomic mass is 10.1. The van der Waals surface area contributed by atoms with Crippen LogP contribution < -0.4 is 10.2 Å². The summed E-state index contributed by atoms with van der Waals surface area (Å²) in [4.78, 5) is 2.29. The number of nitrogens with one attached hydrogen (secondary N) is 1. The Balaban J connectivity index is 2.85. The van der Waals surface area contributed by atoms with E-state index in [1.165, 1.54) is 11.3 Å². The number of benzene rings is 1. The average molecular weight is 315 g/mol. The van der Waals surface area contributed by atoms with Gasteiger partial charge in [0.15, 0.2) is 0 Å². The molecule has 0 saturated carbocycles. The largest absolute Gasteiger partial charge is 0.385 e. The van der Waals surface area contributed by atoms with Crippen molar-refractivity contribution in [1.29, 1.82) is 0 Å². The number of ether oxygens (including phenoxy) is 1. The second-order valence-electron chi connectivity index (χ2n) is 4.48. The van der Waals surface area contributed by atoms with Crippen LogP contribution in [0.3, 0.4) is 0 Å². The number of hydrogen-bond donors (Lipinski definition) is 1. The van der Waals surface area contributed by atoms with Crippen LogP contribution in [0.4, 0.5) is 5.69 Å². The molecule has 0 bridgehead atoms. The second kappa shape index (κ2) is 7.77. The monoisotopic (exact) mass is 314 g/mol. The number of nitrogens with zero attached hydrogens (tertiary/aromatic N) is 1. The Morgan fingerprint density at radius 2 is 2.17 bits per heavy atom. The maximum Gasteiger partial charge on any atom is 0.0479 e. The summed E-state index contributed by atoms with van der Waals surface area (Å²) in [5.74, 6) is 0. The molecule has 0 aliphatic carbocycles. The van der Waals surface area contributed by atoms with Crippen LogP contribution in [0.1, 0.15) is 24.9 Å². The average Bonchev–Trinajstić information content (AvgIpc) is 2.37. The molecule has 0 radical (unpaired) electrons. The van der Waals surface area contributed by atoms with E-state index in [9.17, 15) is 0 Å². The zero-order valence-electron chi connectivity index (χ0n) is 11.7. The predicted octanol–water partition coefficient (Wildman–Crippen LogP) is 3.20. The lowest BCUT2D eigenvalue weighted by Gasteiger charge is -2.25. The van der Waals surface area contributed by atoms with E-state index in [-0.39, 0.29) is 0 Å². The quantitative estimate of drug-likeness (QED) is 0.782. The van der Waals surface area contributed by atoms with E-state index >= 15 is 0 Å². The molecular weight excluding hydrogens is 292 g/mol. The number of anilines is 1. The first-order chi connectivity index (χ1) is 8.60. The molecule has 1 unspecified atom stereocenters. The molecule has 0 saturated heterocycles. The van der Waals surface area contributed by atoms with Gasteiger partial charge in [-0.1, -0.05) is 15.9 Å². The van der Waals surface area contributed by atoms with Crippen molar-refractivity contribution in [2.75, 3.05) is 39.3 Å². The molecule has 3 nitrogen and oxygen atoms in total. The summed E-state index contributed by atoms with van der Waals surface area (Å²) >= 11 is 3.54. The molecule has 1 atom stereocenters. The van der Waals surface area contributed by atoms with E-state index in [2.05, 4.69) is 58.3 Å². The number of halogens is 1. The maximum atomic E-state index is 5.10. The van der Waals surface area contributed by atoms with Crippen LogP contribution in [-0.4, -0.2) is 34.4 Å². The molecule has 1 aromatic rings. The van der Waals surface area contributed by atoms with Crippen molar-refractivity contribution in [1.82, 2.24) is 5.32 Å². The number of hydrogen-bond acceptors (Lipinski definition) is 3. The zero-order chi connectivity index (χ0) is 13.5. The highest BCUT2D eigenvalue weighted by molar-refractivity contribution is 9.10. The molecule has 0 fully saturated rings. The van der Waals surface area contributed by atoms with Crippen molar-refractivity contribution in [3.8, 4) is 0 Å². The highest BCUT2D eigenvalue weighted by Gasteiger charge is 2.12. The summed E-state index contributed by atoms with van der Waals surface area (Å²) in [5.41, 5.74) is 2.59. The third-order valence-corrected chi connectivity index (χ3v) is 3.64. The van der Waals surface area contributed by atoms with Gasteiger partial charge in [-0.15, -0.1) is 0 Å². The Hall–Kier alpha value is -0.580. The van der Waals surface area contributed by atoms with Crippen molar-refractivity contribution >= 4 is 21.6 Å².